The molecule has 1 aliphatic rings. The van der Waals surface area contributed by atoms with Crippen molar-refractivity contribution < 1.29 is 0 Å². The Hall–Kier alpha value is -1.63. The first-order valence-electron chi connectivity index (χ1n) is 6.88. The van der Waals surface area contributed by atoms with E-state index in [1.807, 2.05) is 26.1 Å². The highest BCUT2D eigenvalue weighted by molar-refractivity contribution is 5.41. The zero-order chi connectivity index (χ0) is 13.0. The molecular formula is C17H21N. The number of hydrogen-bond acceptors (Lipinski definition) is 1. The number of benzene rings is 1. The van der Waals surface area contributed by atoms with Gasteiger partial charge >= 0.3 is 0 Å². The van der Waals surface area contributed by atoms with Gasteiger partial charge in [-0.3, -0.25) is 4.98 Å². The van der Waals surface area contributed by atoms with Crippen LogP contribution in [0.2, 0.25) is 0 Å². The van der Waals surface area contributed by atoms with Crippen LogP contribution in [0.4, 0.5) is 0 Å². The summed E-state index contributed by atoms with van der Waals surface area (Å²) in [4.78, 5) is 4.51. The van der Waals surface area contributed by atoms with E-state index in [9.17, 15) is 0 Å². The van der Waals surface area contributed by atoms with Gasteiger partial charge in [0.1, 0.15) is 0 Å². The lowest BCUT2D eigenvalue weighted by atomic mass is 9.91. The first-order chi connectivity index (χ1) is 8.86. The van der Waals surface area contributed by atoms with Gasteiger partial charge in [0.05, 0.1) is 0 Å². The molecule has 0 saturated carbocycles. The van der Waals surface area contributed by atoms with E-state index < -0.39 is 0 Å². The minimum Gasteiger partial charge on any atom is -0.261 e. The third-order valence-electron chi connectivity index (χ3n) is 3.54. The van der Waals surface area contributed by atoms with Crippen molar-refractivity contribution in [1.82, 2.24) is 4.98 Å². The van der Waals surface area contributed by atoms with Gasteiger partial charge in [0.15, 0.2) is 0 Å². The molecule has 1 heterocycles. The summed E-state index contributed by atoms with van der Waals surface area (Å²) in [6, 6.07) is 13.0. The lowest BCUT2D eigenvalue weighted by molar-refractivity contribution is 0.887. The van der Waals surface area contributed by atoms with Crippen molar-refractivity contribution in [2.24, 2.45) is 0 Å². The Morgan fingerprint density at radius 2 is 1.67 bits per heavy atom. The highest BCUT2D eigenvalue weighted by Gasteiger charge is 2.19. The van der Waals surface area contributed by atoms with Crippen LogP contribution in [0.15, 0.2) is 42.6 Å². The summed E-state index contributed by atoms with van der Waals surface area (Å²) in [5.74, 6) is 0.474. The van der Waals surface area contributed by atoms with Gasteiger partial charge in [-0.05, 0) is 35.6 Å². The monoisotopic (exact) mass is 239 g/mol. The molecule has 0 saturated heterocycles. The minimum atomic E-state index is 0.474. The molecule has 0 N–H and O–H groups in total. The second kappa shape index (κ2) is 5.81. The summed E-state index contributed by atoms with van der Waals surface area (Å²) in [6.07, 6.45) is 4.09. The summed E-state index contributed by atoms with van der Waals surface area (Å²) < 4.78 is 0. The Labute approximate surface area is 110 Å². The molecule has 1 atom stereocenters. The molecule has 0 spiro atoms. The fraction of sp³-hybridized carbons (Fsp3) is 0.353. The predicted octanol–water partition coefficient (Wildman–Crippen LogP) is 4.36. The van der Waals surface area contributed by atoms with Gasteiger partial charge in [0, 0.05) is 17.8 Å². The molecule has 3 rings (SSSR count). The summed E-state index contributed by atoms with van der Waals surface area (Å²) >= 11 is 0. The molecule has 1 unspecified atom stereocenters. The van der Waals surface area contributed by atoms with Crippen molar-refractivity contribution >= 4 is 0 Å². The number of aromatic nitrogens is 1. The molecule has 0 bridgehead atoms. The lowest BCUT2D eigenvalue weighted by Gasteiger charge is -2.14. The van der Waals surface area contributed by atoms with Gasteiger partial charge in [0.25, 0.3) is 0 Å². The van der Waals surface area contributed by atoms with Gasteiger partial charge in [-0.2, -0.15) is 0 Å². The van der Waals surface area contributed by atoms with Crippen LogP contribution in [-0.2, 0) is 12.8 Å². The van der Waals surface area contributed by atoms with E-state index in [0.717, 1.165) is 12.8 Å². The van der Waals surface area contributed by atoms with Crippen molar-refractivity contribution in [3.05, 3.63) is 65.0 Å². The van der Waals surface area contributed by atoms with E-state index in [0.29, 0.717) is 5.92 Å². The van der Waals surface area contributed by atoms with Crippen LogP contribution >= 0.6 is 0 Å². The number of aryl methyl sites for hydroxylation is 2. The Kier molecular flexibility index (Phi) is 4.14. The second-order valence-electron chi connectivity index (χ2n) is 4.46. The van der Waals surface area contributed by atoms with Gasteiger partial charge in [-0.15, -0.1) is 0 Å². The van der Waals surface area contributed by atoms with Crippen LogP contribution in [0, 0.1) is 0 Å². The van der Waals surface area contributed by atoms with Crippen molar-refractivity contribution in [2.75, 3.05) is 0 Å². The first-order valence-corrected chi connectivity index (χ1v) is 6.88. The number of nitrogens with zero attached hydrogens (tertiary/aromatic N) is 1. The van der Waals surface area contributed by atoms with Gasteiger partial charge in [-0.25, -0.2) is 0 Å². The number of hydrogen-bond donors (Lipinski definition) is 0. The second-order valence-corrected chi connectivity index (χ2v) is 4.46. The highest BCUT2D eigenvalue weighted by atomic mass is 14.7. The highest BCUT2D eigenvalue weighted by Crippen LogP contribution is 2.32. The Bertz CT molecular complexity index is 469. The fourth-order valence-electron chi connectivity index (χ4n) is 2.66. The SMILES string of the molecule is CC.CC1c2ccccc2CCc2ncccc21. The Morgan fingerprint density at radius 3 is 2.50 bits per heavy atom. The average Bonchev–Trinajstić information content (AvgIpc) is 2.60. The summed E-state index contributed by atoms with van der Waals surface area (Å²) in [5.41, 5.74) is 5.61. The molecule has 18 heavy (non-hydrogen) atoms. The van der Waals surface area contributed by atoms with Crippen molar-refractivity contribution in [3.8, 4) is 0 Å². The smallest absolute Gasteiger partial charge is 0.0444 e. The maximum Gasteiger partial charge on any atom is 0.0444 e. The van der Waals surface area contributed by atoms with E-state index in [-0.39, 0.29) is 0 Å². The maximum absolute atomic E-state index is 4.51. The van der Waals surface area contributed by atoms with Crippen molar-refractivity contribution in [3.63, 3.8) is 0 Å². The third kappa shape index (κ3) is 2.31. The zero-order valence-electron chi connectivity index (χ0n) is 11.5. The quantitative estimate of drug-likeness (QED) is 0.665. The third-order valence-corrected chi connectivity index (χ3v) is 3.54. The molecule has 1 aromatic carbocycles. The van der Waals surface area contributed by atoms with E-state index in [1.165, 1.54) is 22.4 Å². The standard InChI is InChI=1S/C15H15N.C2H6/c1-11-13-6-3-2-5-12(13)8-9-15-14(11)7-4-10-16-15;1-2/h2-7,10-11H,8-9H2,1H3;1-2H3. The van der Waals surface area contributed by atoms with Crippen molar-refractivity contribution in [1.29, 1.82) is 0 Å². The summed E-state index contributed by atoms with van der Waals surface area (Å²) in [6.45, 7) is 6.28. The molecule has 0 amide bonds. The summed E-state index contributed by atoms with van der Waals surface area (Å²) in [5, 5.41) is 0. The molecule has 0 fully saturated rings. The predicted molar refractivity (Wildman–Crippen MR) is 77.0 cm³/mol. The molecule has 94 valence electrons. The van der Waals surface area contributed by atoms with Crippen LogP contribution < -0.4 is 0 Å². The van der Waals surface area contributed by atoms with Gasteiger partial charge in [0.2, 0.25) is 0 Å². The Balaban J connectivity index is 0.000000574. The Morgan fingerprint density at radius 1 is 0.944 bits per heavy atom. The molecule has 1 nitrogen and oxygen atoms in total. The molecular weight excluding hydrogens is 218 g/mol. The molecule has 1 aliphatic carbocycles. The van der Waals surface area contributed by atoms with Gasteiger partial charge < -0.3 is 0 Å². The zero-order valence-corrected chi connectivity index (χ0v) is 11.5. The first kappa shape index (κ1) is 12.8. The number of fused-ring (bicyclic) bond motifs is 2. The van der Waals surface area contributed by atoms with Crippen molar-refractivity contribution in [2.45, 2.75) is 39.5 Å². The summed E-state index contributed by atoms with van der Waals surface area (Å²) in [7, 11) is 0. The van der Waals surface area contributed by atoms with E-state index in [2.05, 4.69) is 42.2 Å². The van der Waals surface area contributed by atoms with Crippen LogP contribution in [0.25, 0.3) is 0 Å². The molecule has 2 aromatic rings. The van der Waals surface area contributed by atoms with E-state index in [4.69, 9.17) is 0 Å². The molecule has 1 aromatic heterocycles. The van der Waals surface area contributed by atoms with E-state index >= 15 is 0 Å². The van der Waals surface area contributed by atoms with Crippen LogP contribution in [0.5, 0.6) is 0 Å². The van der Waals surface area contributed by atoms with Crippen LogP contribution in [-0.4, -0.2) is 4.98 Å². The lowest BCUT2D eigenvalue weighted by Crippen LogP contribution is -2.00. The minimum absolute atomic E-state index is 0.474. The van der Waals surface area contributed by atoms with Crippen LogP contribution in [0.1, 0.15) is 49.1 Å². The molecule has 0 radical (unpaired) electrons. The average molecular weight is 239 g/mol. The fourth-order valence-corrected chi connectivity index (χ4v) is 2.66. The number of pyridine rings is 1. The molecule has 0 aliphatic heterocycles. The number of rotatable bonds is 0. The van der Waals surface area contributed by atoms with Crippen LogP contribution in [0.3, 0.4) is 0 Å². The topological polar surface area (TPSA) is 12.9 Å². The largest absolute Gasteiger partial charge is 0.261 e. The maximum atomic E-state index is 4.51. The van der Waals surface area contributed by atoms with Gasteiger partial charge in [-0.1, -0.05) is 51.1 Å². The van der Waals surface area contributed by atoms with E-state index in [1.54, 1.807) is 0 Å². The normalized spacial score (nSPS) is 16.7. The molecule has 1 heteroatoms.